The Bertz CT molecular complexity index is 1300. The lowest BCUT2D eigenvalue weighted by molar-refractivity contribution is -0.136. The van der Waals surface area contributed by atoms with E-state index >= 15 is 0 Å². The van der Waals surface area contributed by atoms with Crippen LogP contribution in [0.15, 0.2) is 60.1 Å². The fraction of sp³-hybridized carbons (Fsp3) is 0.154. The highest BCUT2D eigenvalue weighted by Gasteiger charge is 2.30. The Labute approximate surface area is 226 Å². The van der Waals surface area contributed by atoms with Crippen LogP contribution in [-0.2, 0) is 28.7 Å². The number of carbonyl (C=O) groups is 4. The van der Waals surface area contributed by atoms with Gasteiger partial charge in [-0.2, -0.15) is 0 Å². The fourth-order valence-electron chi connectivity index (χ4n) is 3.90. The summed E-state index contributed by atoms with van der Waals surface area (Å²) in [6, 6.07) is 9.27. The van der Waals surface area contributed by atoms with Crippen LogP contribution in [0, 0.1) is 0 Å². The zero-order valence-corrected chi connectivity index (χ0v) is 21.4. The second-order valence-electron chi connectivity index (χ2n) is 7.87. The van der Waals surface area contributed by atoms with Crippen molar-refractivity contribution in [2.75, 3.05) is 0 Å². The molecule has 36 heavy (non-hydrogen) atoms. The molecule has 4 rings (SSSR count). The summed E-state index contributed by atoms with van der Waals surface area (Å²) in [4.78, 5) is 49.5. The summed E-state index contributed by atoms with van der Waals surface area (Å²) in [6.07, 6.45) is 2.48. The maximum Gasteiger partial charge on any atom is 0.336 e. The maximum atomic E-state index is 12.4. The lowest BCUT2D eigenvalue weighted by Crippen LogP contribution is -2.06. The van der Waals surface area contributed by atoms with E-state index in [0.29, 0.717) is 21.2 Å². The molecule has 0 N–H and O–H groups in total. The third-order valence-corrected chi connectivity index (χ3v) is 6.57. The smallest absolute Gasteiger partial charge is 0.336 e. The van der Waals surface area contributed by atoms with Crippen molar-refractivity contribution in [3.63, 3.8) is 0 Å². The average Bonchev–Trinajstić information content (AvgIpc) is 3.35. The highest BCUT2D eigenvalue weighted by atomic mass is 35.5. The number of benzene rings is 2. The lowest BCUT2D eigenvalue weighted by atomic mass is 10.0. The Morgan fingerprint density at radius 1 is 0.639 bits per heavy atom. The molecule has 0 aliphatic heterocycles. The molecule has 0 fully saturated rings. The van der Waals surface area contributed by atoms with E-state index in [1.807, 2.05) is 0 Å². The van der Waals surface area contributed by atoms with Crippen LogP contribution in [0.1, 0.15) is 36.8 Å². The summed E-state index contributed by atoms with van der Waals surface area (Å²) in [6.45, 7) is 0. The number of halogens is 4. The summed E-state index contributed by atoms with van der Waals surface area (Å²) in [5.74, 6) is -1.91. The van der Waals surface area contributed by atoms with Gasteiger partial charge in [0.2, 0.25) is 0 Å². The molecule has 2 aromatic rings. The van der Waals surface area contributed by atoms with E-state index < -0.39 is 11.9 Å². The fourth-order valence-corrected chi connectivity index (χ4v) is 4.91. The van der Waals surface area contributed by atoms with E-state index in [4.69, 9.17) is 55.9 Å². The van der Waals surface area contributed by atoms with Gasteiger partial charge in [-0.25, -0.2) is 9.59 Å². The van der Waals surface area contributed by atoms with Gasteiger partial charge in [0.15, 0.2) is 11.6 Å². The molecule has 184 valence electrons. The van der Waals surface area contributed by atoms with E-state index in [1.54, 1.807) is 24.3 Å². The Kier molecular flexibility index (Phi) is 8.00. The van der Waals surface area contributed by atoms with Crippen molar-refractivity contribution < 1.29 is 28.7 Å². The van der Waals surface area contributed by atoms with E-state index in [9.17, 15) is 19.2 Å². The third-order valence-electron chi connectivity index (χ3n) is 5.48. The molecule has 0 atom stereocenters. The van der Waals surface area contributed by atoms with Gasteiger partial charge in [-0.3, -0.25) is 9.59 Å². The molecule has 2 aliphatic carbocycles. The minimum absolute atomic E-state index is 0.149. The van der Waals surface area contributed by atoms with Gasteiger partial charge in [0.05, 0.1) is 21.2 Å². The highest BCUT2D eigenvalue weighted by molar-refractivity contribution is 6.38. The second kappa shape index (κ2) is 11.0. The molecule has 2 aliphatic rings. The summed E-state index contributed by atoms with van der Waals surface area (Å²) in [5.41, 5.74) is 1.20. The number of ketones is 2. The Balaban J connectivity index is 1.49. The van der Waals surface area contributed by atoms with Gasteiger partial charge >= 0.3 is 11.9 Å². The monoisotopic (exact) mass is 564 g/mol. The van der Waals surface area contributed by atoms with Crippen LogP contribution >= 0.6 is 46.4 Å². The van der Waals surface area contributed by atoms with Crippen molar-refractivity contribution in [1.82, 2.24) is 0 Å². The molecule has 0 bridgehead atoms. The highest BCUT2D eigenvalue weighted by Crippen LogP contribution is 2.38. The molecule has 10 heteroatoms. The van der Waals surface area contributed by atoms with Gasteiger partial charge in [-0.05, 0) is 24.3 Å². The first-order valence-electron chi connectivity index (χ1n) is 10.7. The number of carbonyl (C=O) groups excluding carboxylic acids is 4. The SMILES string of the molecule is O=C(/C=C/C(=O)OC1=C(c2ccc(Cl)cc2Cl)C(=O)CC1)OC1=C(c2ccc(Cl)cc2Cl)C(=O)CC1. The number of ether oxygens (including phenoxy) is 2. The van der Waals surface area contributed by atoms with Crippen LogP contribution in [0.4, 0.5) is 0 Å². The molecule has 0 amide bonds. The molecule has 0 spiro atoms. The molecule has 0 aromatic heterocycles. The van der Waals surface area contributed by atoms with Gasteiger partial charge in [-0.15, -0.1) is 0 Å². The second-order valence-corrected chi connectivity index (χ2v) is 9.55. The van der Waals surface area contributed by atoms with E-state index in [2.05, 4.69) is 0 Å². The molecular formula is C26H16Cl4O6. The number of Topliss-reactive ketones (excluding diaryl/α,β-unsaturated/α-hetero) is 2. The minimum Gasteiger partial charge on any atom is -0.427 e. The Morgan fingerprint density at radius 2 is 1.03 bits per heavy atom. The quantitative estimate of drug-likeness (QED) is 0.283. The molecule has 0 unspecified atom stereocenters. The van der Waals surface area contributed by atoms with Crippen molar-refractivity contribution in [2.24, 2.45) is 0 Å². The van der Waals surface area contributed by atoms with Crippen LogP contribution in [0.2, 0.25) is 20.1 Å². The van der Waals surface area contributed by atoms with Crippen molar-refractivity contribution in [3.05, 3.63) is 91.3 Å². The van der Waals surface area contributed by atoms with Crippen LogP contribution < -0.4 is 0 Å². The standard InChI is InChI=1S/C26H16Cl4O6/c27-13-1-3-15(17(29)11-13)25-19(31)5-7-21(25)35-23(33)9-10-24(34)36-22-8-6-20(32)26(22)16-4-2-14(28)12-18(16)30/h1-4,9-12H,5-8H2/b10-9+. The van der Waals surface area contributed by atoms with Gasteiger partial charge < -0.3 is 9.47 Å². The number of allylic oxidation sites excluding steroid dienone is 4. The number of hydrogen-bond acceptors (Lipinski definition) is 6. The van der Waals surface area contributed by atoms with Crippen LogP contribution in [0.3, 0.4) is 0 Å². The molecule has 0 saturated carbocycles. The third kappa shape index (κ3) is 5.73. The lowest BCUT2D eigenvalue weighted by Gasteiger charge is -2.09. The predicted octanol–water partition coefficient (Wildman–Crippen LogP) is 6.79. The summed E-state index contributed by atoms with van der Waals surface area (Å²) >= 11 is 24.3. The minimum atomic E-state index is -0.878. The van der Waals surface area contributed by atoms with Gasteiger partial charge in [0, 0.05) is 59.0 Å². The van der Waals surface area contributed by atoms with Gasteiger partial charge in [0.1, 0.15) is 11.5 Å². The van der Waals surface area contributed by atoms with Crippen molar-refractivity contribution in [2.45, 2.75) is 25.7 Å². The molecule has 0 saturated heterocycles. The zero-order chi connectivity index (χ0) is 26.0. The molecule has 2 aromatic carbocycles. The molecule has 6 nitrogen and oxygen atoms in total. The largest absolute Gasteiger partial charge is 0.427 e. The normalized spacial score (nSPS) is 15.9. The van der Waals surface area contributed by atoms with Crippen LogP contribution in [-0.4, -0.2) is 23.5 Å². The van der Waals surface area contributed by atoms with E-state index in [1.165, 1.54) is 12.1 Å². The van der Waals surface area contributed by atoms with E-state index in [-0.39, 0.29) is 70.0 Å². The van der Waals surface area contributed by atoms with Gasteiger partial charge in [0.25, 0.3) is 0 Å². The topological polar surface area (TPSA) is 86.7 Å². The van der Waals surface area contributed by atoms with Gasteiger partial charge in [-0.1, -0.05) is 58.5 Å². The zero-order valence-electron chi connectivity index (χ0n) is 18.4. The van der Waals surface area contributed by atoms with E-state index in [0.717, 1.165) is 12.2 Å². The summed E-state index contributed by atoms with van der Waals surface area (Å²) in [5, 5.41) is 1.29. The average molecular weight is 566 g/mol. The predicted molar refractivity (Wildman–Crippen MR) is 137 cm³/mol. The first kappa shape index (κ1) is 26.2. The van der Waals surface area contributed by atoms with Crippen molar-refractivity contribution >= 4 is 81.1 Å². The molecule has 0 radical (unpaired) electrons. The first-order valence-corrected chi connectivity index (χ1v) is 12.2. The Morgan fingerprint density at radius 3 is 1.39 bits per heavy atom. The maximum absolute atomic E-state index is 12.4. The number of esters is 2. The Hall–Kier alpha value is -2.90. The van der Waals surface area contributed by atoms with Crippen molar-refractivity contribution in [1.29, 1.82) is 0 Å². The number of rotatable bonds is 6. The first-order chi connectivity index (χ1) is 17.1. The van der Waals surface area contributed by atoms with Crippen LogP contribution in [0.5, 0.6) is 0 Å². The number of hydrogen-bond donors (Lipinski definition) is 0. The van der Waals surface area contributed by atoms with Crippen molar-refractivity contribution in [3.8, 4) is 0 Å². The summed E-state index contributed by atoms with van der Waals surface area (Å²) < 4.78 is 10.7. The molecular weight excluding hydrogens is 550 g/mol. The van der Waals surface area contributed by atoms with Crippen LogP contribution in [0.25, 0.3) is 11.1 Å². The summed E-state index contributed by atoms with van der Waals surface area (Å²) in [7, 11) is 0. The molecule has 0 heterocycles.